The number of hydrogen-bond donors (Lipinski definition) is 0. The van der Waals surface area contributed by atoms with Crippen molar-refractivity contribution in [2.75, 3.05) is 6.54 Å². The van der Waals surface area contributed by atoms with E-state index < -0.39 is 15.7 Å². The van der Waals surface area contributed by atoms with Crippen molar-refractivity contribution in [2.45, 2.75) is 51.7 Å². The monoisotopic (exact) mass is 485 g/mol. The minimum absolute atomic E-state index is 0.0128. The smallest absolute Gasteiger partial charge is 0.254 e. The van der Waals surface area contributed by atoms with Crippen molar-refractivity contribution in [3.05, 3.63) is 83.4 Å². The molecule has 1 aromatic heterocycles. The zero-order chi connectivity index (χ0) is 24.9. The molecule has 0 fully saturated rings. The summed E-state index contributed by atoms with van der Waals surface area (Å²) in [7, 11) is -3.70. The van der Waals surface area contributed by atoms with Crippen molar-refractivity contribution in [1.29, 1.82) is 0 Å². The van der Waals surface area contributed by atoms with Gasteiger partial charge in [0.1, 0.15) is 5.82 Å². The van der Waals surface area contributed by atoms with Gasteiger partial charge in [-0.05, 0) is 41.7 Å². The van der Waals surface area contributed by atoms with Gasteiger partial charge in [-0.15, -0.1) is 0 Å². The van der Waals surface area contributed by atoms with E-state index >= 15 is 0 Å². The largest absolute Gasteiger partial charge is 0.333 e. The summed E-state index contributed by atoms with van der Waals surface area (Å²) in [5.74, 6) is -0.431. The van der Waals surface area contributed by atoms with Gasteiger partial charge in [-0.25, -0.2) is 17.8 Å². The zero-order valence-corrected chi connectivity index (χ0v) is 20.9. The third-order valence-electron chi connectivity index (χ3n) is 5.24. The molecule has 3 rings (SSSR count). The molecule has 0 radical (unpaired) electrons. The summed E-state index contributed by atoms with van der Waals surface area (Å²) >= 11 is 0. The Kier molecular flexibility index (Phi) is 8.25. The second kappa shape index (κ2) is 11.0. The molecule has 0 saturated carbocycles. The number of benzene rings is 2. The molecule has 0 aliphatic carbocycles. The lowest BCUT2D eigenvalue weighted by Crippen LogP contribution is -2.34. The number of hydrogen-bond acceptors (Lipinski definition) is 4. The Morgan fingerprint density at radius 2 is 1.65 bits per heavy atom. The van der Waals surface area contributed by atoms with Crippen LogP contribution in [0.25, 0.3) is 0 Å². The molecular weight excluding hydrogens is 453 g/mol. The maximum absolute atomic E-state index is 13.4. The zero-order valence-electron chi connectivity index (χ0n) is 20.1. The van der Waals surface area contributed by atoms with Crippen molar-refractivity contribution in [2.24, 2.45) is 11.8 Å². The van der Waals surface area contributed by atoms with E-state index in [0.717, 1.165) is 0 Å². The van der Waals surface area contributed by atoms with Gasteiger partial charge in [0.15, 0.2) is 0 Å². The molecule has 34 heavy (non-hydrogen) atoms. The molecule has 3 aromatic rings. The van der Waals surface area contributed by atoms with Gasteiger partial charge in [0.25, 0.3) is 5.91 Å². The molecule has 0 saturated heterocycles. The third-order valence-corrected chi connectivity index (χ3v) is 6.84. The summed E-state index contributed by atoms with van der Waals surface area (Å²) in [6, 6.07) is 14.5. The van der Waals surface area contributed by atoms with Crippen LogP contribution in [0.2, 0.25) is 0 Å². The Labute approximate surface area is 201 Å². The second-order valence-electron chi connectivity index (χ2n) is 9.37. The molecular formula is C26H32FN3O3S. The first-order valence-electron chi connectivity index (χ1n) is 11.4. The molecule has 0 aliphatic rings. The van der Waals surface area contributed by atoms with Crippen LogP contribution >= 0.6 is 0 Å². The van der Waals surface area contributed by atoms with Crippen LogP contribution < -0.4 is 0 Å². The van der Waals surface area contributed by atoms with Gasteiger partial charge in [-0.3, -0.25) is 4.79 Å². The number of carbonyl (C=O) groups excluding carboxylic acids is 1. The molecule has 1 amide bonds. The first-order valence-corrected chi connectivity index (χ1v) is 13.1. The van der Waals surface area contributed by atoms with E-state index in [4.69, 9.17) is 0 Å². The summed E-state index contributed by atoms with van der Waals surface area (Å²) in [6.07, 6.45) is 1.55. The predicted octanol–water partition coefficient (Wildman–Crippen LogP) is 4.95. The highest BCUT2D eigenvalue weighted by Crippen LogP contribution is 2.21. The minimum Gasteiger partial charge on any atom is -0.333 e. The van der Waals surface area contributed by atoms with Gasteiger partial charge in [-0.1, -0.05) is 58.0 Å². The van der Waals surface area contributed by atoms with E-state index in [1.165, 1.54) is 24.3 Å². The lowest BCUT2D eigenvalue weighted by molar-refractivity contribution is 0.0717. The van der Waals surface area contributed by atoms with Crippen molar-refractivity contribution < 1.29 is 17.6 Å². The minimum atomic E-state index is -3.70. The number of sulfone groups is 1. The lowest BCUT2D eigenvalue weighted by atomic mass is 10.1. The van der Waals surface area contributed by atoms with Gasteiger partial charge in [0.05, 0.1) is 24.2 Å². The first-order chi connectivity index (χ1) is 16.1. The number of amides is 1. The highest BCUT2D eigenvalue weighted by Gasteiger charge is 2.26. The number of carbonyl (C=O) groups is 1. The lowest BCUT2D eigenvalue weighted by Gasteiger charge is -2.26. The Morgan fingerprint density at radius 1 is 1.00 bits per heavy atom. The molecule has 0 aliphatic heterocycles. The van der Waals surface area contributed by atoms with E-state index in [9.17, 15) is 17.6 Å². The second-order valence-corrected chi connectivity index (χ2v) is 11.3. The van der Waals surface area contributed by atoms with Crippen LogP contribution in [0.4, 0.5) is 4.39 Å². The van der Waals surface area contributed by atoms with Crippen molar-refractivity contribution in [3.63, 3.8) is 0 Å². The Hall–Kier alpha value is -3.00. The van der Waals surface area contributed by atoms with E-state index in [2.05, 4.69) is 4.98 Å². The highest BCUT2D eigenvalue weighted by molar-refractivity contribution is 7.90. The molecule has 0 bridgehead atoms. The first kappa shape index (κ1) is 25.6. The summed E-state index contributed by atoms with van der Waals surface area (Å²) in [5, 5.41) is 0.0128. The van der Waals surface area contributed by atoms with E-state index in [0.29, 0.717) is 29.9 Å². The van der Waals surface area contributed by atoms with E-state index in [-0.39, 0.29) is 35.2 Å². The van der Waals surface area contributed by atoms with E-state index in [1.54, 1.807) is 27.8 Å². The maximum Gasteiger partial charge on any atom is 0.254 e. The van der Waals surface area contributed by atoms with Crippen LogP contribution in [-0.4, -0.2) is 35.3 Å². The van der Waals surface area contributed by atoms with Crippen LogP contribution in [0.5, 0.6) is 0 Å². The van der Waals surface area contributed by atoms with Gasteiger partial charge < -0.3 is 9.47 Å². The van der Waals surface area contributed by atoms with Gasteiger partial charge >= 0.3 is 0 Å². The molecule has 8 heteroatoms. The van der Waals surface area contributed by atoms with Gasteiger partial charge in [0, 0.05) is 18.7 Å². The molecule has 6 nitrogen and oxygen atoms in total. The quantitative estimate of drug-likeness (QED) is 0.407. The normalized spacial score (nSPS) is 11.9. The number of nitrogens with zero attached hydrogens (tertiary/aromatic N) is 3. The molecule has 0 unspecified atom stereocenters. The Bertz CT molecular complexity index is 1200. The molecule has 0 atom stereocenters. The van der Waals surface area contributed by atoms with Crippen molar-refractivity contribution in [3.8, 4) is 0 Å². The van der Waals surface area contributed by atoms with Crippen LogP contribution in [-0.2, 0) is 28.7 Å². The summed E-state index contributed by atoms with van der Waals surface area (Å²) in [4.78, 5) is 19.2. The SMILES string of the molecule is CC(C)CN(Cc1cnc(S(=O)(=O)Cc2ccccc2)n1CC(C)C)C(=O)c1ccc(F)cc1. The van der Waals surface area contributed by atoms with Crippen molar-refractivity contribution >= 4 is 15.7 Å². The number of imidazole rings is 1. The maximum atomic E-state index is 13.4. The average Bonchev–Trinajstić information content (AvgIpc) is 3.16. The van der Waals surface area contributed by atoms with Crippen LogP contribution in [0.3, 0.4) is 0 Å². The molecule has 182 valence electrons. The van der Waals surface area contributed by atoms with Gasteiger partial charge in [0.2, 0.25) is 15.0 Å². The third kappa shape index (κ3) is 6.53. The molecule has 0 N–H and O–H groups in total. The standard InChI is InChI=1S/C26H32FN3O3S/c1-19(2)15-29(25(31)22-10-12-23(27)13-11-22)17-24-14-28-26(30(24)16-20(3)4)34(32,33)18-21-8-6-5-7-9-21/h5-14,19-20H,15-18H2,1-4H3. The number of halogens is 1. The van der Waals surface area contributed by atoms with E-state index in [1.807, 2.05) is 45.9 Å². The van der Waals surface area contributed by atoms with Crippen LogP contribution in [0.15, 0.2) is 66.0 Å². The van der Waals surface area contributed by atoms with Crippen LogP contribution in [0, 0.1) is 17.7 Å². The number of rotatable bonds is 10. The Morgan fingerprint density at radius 3 is 2.24 bits per heavy atom. The summed E-state index contributed by atoms with van der Waals surface area (Å²) in [6.45, 7) is 9.15. The average molecular weight is 486 g/mol. The Balaban J connectivity index is 1.96. The fourth-order valence-electron chi connectivity index (χ4n) is 3.82. The number of aromatic nitrogens is 2. The highest BCUT2D eigenvalue weighted by atomic mass is 32.2. The van der Waals surface area contributed by atoms with Crippen LogP contribution in [0.1, 0.15) is 49.3 Å². The fourth-order valence-corrected chi connectivity index (χ4v) is 5.32. The molecule has 2 aromatic carbocycles. The summed E-state index contributed by atoms with van der Waals surface area (Å²) < 4.78 is 41.6. The molecule has 1 heterocycles. The van der Waals surface area contributed by atoms with Gasteiger partial charge in [-0.2, -0.15) is 0 Å². The molecule has 0 spiro atoms. The predicted molar refractivity (Wildman–Crippen MR) is 130 cm³/mol. The fraction of sp³-hybridized carbons (Fsp3) is 0.385. The topological polar surface area (TPSA) is 72.3 Å². The van der Waals surface area contributed by atoms with Crippen molar-refractivity contribution in [1.82, 2.24) is 14.5 Å². The summed E-state index contributed by atoms with van der Waals surface area (Å²) in [5.41, 5.74) is 1.72.